The van der Waals surface area contributed by atoms with E-state index in [2.05, 4.69) is 39.5 Å². The predicted octanol–water partition coefficient (Wildman–Crippen LogP) is 6.16. The van der Waals surface area contributed by atoms with Gasteiger partial charge in [0.1, 0.15) is 11.6 Å². The molecular weight excluding hydrogens is 404 g/mol. The summed E-state index contributed by atoms with van der Waals surface area (Å²) in [5.74, 6) is -0.475. The smallest absolute Gasteiger partial charge is 0.268 e. The number of hydrogen-bond donors (Lipinski definition) is 1. The number of carbonyl (C=O) groups excluding carboxylic acids is 1. The van der Waals surface area contributed by atoms with E-state index in [1.165, 1.54) is 11.3 Å². The van der Waals surface area contributed by atoms with Crippen LogP contribution in [-0.2, 0) is 4.79 Å². The Morgan fingerprint density at radius 1 is 0.903 bits per heavy atom. The molecule has 5 nitrogen and oxygen atoms in total. The average Bonchev–Trinajstić information content (AvgIpc) is 3.33. The Morgan fingerprint density at radius 2 is 1.48 bits per heavy atom. The summed E-state index contributed by atoms with van der Waals surface area (Å²) in [6, 6.07) is 29.9. The van der Waals surface area contributed by atoms with Crippen molar-refractivity contribution in [3.8, 4) is 6.07 Å². The number of amides is 1. The van der Waals surface area contributed by atoms with Gasteiger partial charge in [-0.25, -0.2) is 4.98 Å². The Bertz CT molecular complexity index is 1170. The molecule has 31 heavy (non-hydrogen) atoms. The minimum atomic E-state index is -0.475. The predicted molar refractivity (Wildman–Crippen MR) is 125 cm³/mol. The molecule has 0 bridgehead atoms. The van der Waals surface area contributed by atoms with E-state index in [-0.39, 0.29) is 5.57 Å². The van der Waals surface area contributed by atoms with Crippen molar-refractivity contribution in [2.24, 2.45) is 0 Å². The van der Waals surface area contributed by atoms with E-state index in [9.17, 15) is 10.1 Å². The molecule has 0 saturated heterocycles. The van der Waals surface area contributed by atoms with Gasteiger partial charge in [0, 0.05) is 28.6 Å². The highest BCUT2D eigenvalue weighted by molar-refractivity contribution is 7.13. The van der Waals surface area contributed by atoms with Crippen molar-refractivity contribution in [2.75, 3.05) is 10.2 Å². The molecule has 4 aromatic rings. The fourth-order valence-electron chi connectivity index (χ4n) is 3.09. The van der Waals surface area contributed by atoms with Gasteiger partial charge in [0.25, 0.3) is 5.91 Å². The Hall–Kier alpha value is -4.21. The van der Waals surface area contributed by atoms with Gasteiger partial charge in [-0.2, -0.15) is 5.26 Å². The highest BCUT2D eigenvalue weighted by atomic mass is 32.1. The fraction of sp³-hybridized carbons (Fsp3) is 0. The molecule has 0 atom stereocenters. The molecule has 0 spiro atoms. The standard InChI is InChI=1S/C25H18N4OS/c26-18-20(24(30)28-25-27-15-16-31-25)17-19-11-13-23(14-12-19)29(21-7-3-1-4-8-21)22-9-5-2-6-10-22/h1-17H,(H,27,28,30). The molecule has 3 aromatic carbocycles. The molecule has 0 saturated carbocycles. The van der Waals surface area contributed by atoms with Gasteiger partial charge in [0.05, 0.1) is 0 Å². The molecule has 150 valence electrons. The van der Waals surface area contributed by atoms with Crippen molar-refractivity contribution in [1.82, 2.24) is 4.98 Å². The Labute approximate surface area is 184 Å². The topological polar surface area (TPSA) is 69.0 Å². The maximum Gasteiger partial charge on any atom is 0.268 e. The van der Waals surface area contributed by atoms with Crippen LogP contribution in [0.3, 0.4) is 0 Å². The molecule has 0 fully saturated rings. The van der Waals surface area contributed by atoms with E-state index >= 15 is 0 Å². The molecule has 1 heterocycles. The third-order valence-corrected chi connectivity index (χ3v) is 5.20. The summed E-state index contributed by atoms with van der Waals surface area (Å²) in [7, 11) is 0. The van der Waals surface area contributed by atoms with Crippen LogP contribution in [-0.4, -0.2) is 10.9 Å². The molecule has 1 aromatic heterocycles. The molecule has 0 radical (unpaired) electrons. The van der Waals surface area contributed by atoms with Gasteiger partial charge in [-0.05, 0) is 48.0 Å². The van der Waals surface area contributed by atoms with Crippen LogP contribution in [0.1, 0.15) is 5.56 Å². The van der Waals surface area contributed by atoms with Crippen molar-refractivity contribution in [3.05, 3.63) is 108 Å². The number of hydrogen-bond acceptors (Lipinski definition) is 5. The third-order valence-electron chi connectivity index (χ3n) is 4.51. The van der Waals surface area contributed by atoms with Gasteiger partial charge in [0.15, 0.2) is 5.13 Å². The van der Waals surface area contributed by atoms with Crippen LogP contribution in [0.5, 0.6) is 0 Å². The highest BCUT2D eigenvalue weighted by Gasteiger charge is 2.13. The van der Waals surface area contributed by atoms with Crippen LogP contribution in [0.25, 0.3) is 6.08 Å². The maximum atomic E-state index is 12.3. The first-order chi connectivity index (χ1) is 15.2. The summed E-state index contributed by atoms with van der Waals surface area (Å²) in [6.45, 7) is 0. The lowest BCUT2D eigenvalue weighted by Gasteiger charge is -2.25. The average molecular weight is 423 g/mol. The molecule has 4 rings (SSSR count). The molecule has 0 unspecified atom stereocenters. The lowest BCUT2D eigenvalue weighted by Crippen LogP contribution is -2.13. The summed E-state index contributed by atoms with van der Waals surface area (Å²) >= 11 is 1.30. The van der Waals surface area contributed by atoms with Crippen molar-refractivity contribution in [2.45, 2.75) is 0 Å². The number of anilines is 4. The largest absolute Gasteiger partial charge is 0.311 e. The zero-order chi connectivity index (χ0) is 21.5. The number of nitrogens with zero attached hydrogens (tertiary/aromatic N) is 3. The maximum absolute atomic E-state index is 12.3. The number of carbonyl (C=O) groups is 1. The number of aromatic nitrogens is 1. The van der Waals surface area contributed by atoms with Crippen LogP contribution in [0, 0.1) is 11.3 Å². The van der Waals surface area contributed by atoms with E-state index in [4.69, 9.17) is 0 Å². The van der Waals surface area contributed by atoms with Crippen LogP contribution in [0.15, 0.2) is 102 Å². The van der Waals surface area contributed by atoms with E-state index in [1.54, 1.807) is 17.7 Å². The normalized spacial score (nSPS) is 10.9. The lowest BCUT2D eigenvalue weighted by atomic mass is 10.1. The molecule has 0 aliphatic carbocycles. The quantitative estimate of drug-likeness (QED) is 0.298. The number of thiazole rings is 1. The van der Waals surface area contributed by atoms with Crippen molar-refractivity contribution in [1.29, 1.82) is 5.26 Å². The Balaban J connectivity index is 1.62. The molecular formula is C25H18N4OS. The van der Waals surface area contributed by atoms with E-state index < -0.39 is 5.91 Å². The Kier molecular flexibility index (Phi) is 6.17. The number of para-hydroxylation sites is 2. The highest BCUT2D eigenvalue weighted by Crippen LogP contribution is 2.34. The molecule has 1 amide bonds. The van der Waals surface area contributed by atoms with Gasteiger partial charge < -0.3 is 4.90 Å². The Morgan fingerprint density at radius 3 is 2.00 bits per heavy atom. The first-order valence-corrected chi connectivity index (χ1v) is 10.5. The van der Waals surface area contributed by atoms with Crippen LogP contribution in [0.2, 0.25) is 0 Å². The van der Waals surface area contributed by atoms with E-state index in [0.717, 1.165) is 22.6 Å². The number of nitriles is 1. The van der Waals surface area contributed by atoms with E-state index in [1.807, 2.05) is 66.7 Å². The monoisotopic (exact) mass is 422 g/mol. The van der Waals surface area contributed by atoms with E-state index in [0.29, 0.717) is 5.13 Å². The molecule has 1 N–H and O–H groups in total. The minimum Gasteiger partial charge on any atom is -0.311 e. The second-order valence-corrected chi connectivity index (χ2v) is 7.45. The zero-order valence-corrected chi connectivity index (χ0v) is 17.3. The summed E-state index contributed by atoms with van der Waals surface area (Å²) in [6.07, 6.45) is 3.17. The molecule has 0 aliphatic heterocycles. The second kappa shape index (κ2) is 9.53. The van der Waals surface area contributed by atoms with Gasteiger partial charge in [0.2, 0.25) is 0 Å². The summed E-state index contributed by atoms with van der Waals surface area (Å²) < 4.78 is 0. The van der Waals surface area contributed by atoms with Crippen molar-refractivity contribution in [3.63, 3.8) is 0 Å². The minimum absolute atomic E-state index is 0.0194. The first kappa shape index (κ1) is 20.1. The number of nitrogens with one attached hydrogen (secondary N) is 1. The first-order valence-electron chi connectivity index (χ1n) is 9.57. The van der Waals surface area contributed by atoms with Gasteiger partial charge in [-0.3, -0.25) is 10.1 Å². The fourth-order valence-corrected chi connectivity index (χ4v) is 3.61. The summed E-state index contributed by atoms with van der Waals surface area (Å²) in [5, 5.41) is 14.3. The van der Waals surface area contributed by atoms with Gasteiger partial charge in [-0.1, -0.05) is 48.5 Å². The summed E-state index contributed by atoms with van der Waals surface area (Å²) in [5.41, 5.74) is 3.83. The number of rotatable bonds is 6. The number of benzene rings is 3. The van der Waals surface area contributed by atoms with Crippen molar-refractivity contribution < 1.29 is 4.79 Å². The third kappa shape index (κ3) is 4.86. The SMILES string of the molecule is N#CC(=Cc1ccc(N(c2ccccc2)c2ccccc2)cc1)C(=O)Nc1nccs1. The molecule has 0 aliphatic rings. The second-order valence-electron chi connectivity index (χ2n) is 6.56. The van der Waals surface area contributed by atoms with Crippen LogP contribution in [0.4, 0.5) is 22.2 Å². The van der Waals surface area contributed by atoms with Gasteiger partial charge in [-0.15, -0.1) is 11.3 Å². The van der Waals surface area contributed by atoms with Crippen LogP contribution < -0.4 is 10.2 Å². The lowest BCUT2D eigenvalue weighted by molar-refractivity contribution is -0.112. The van der Waals surface area contributed by atoms with Crippen LogP contribution >= 0.6 is 11.3 Å². The molecule has 6 heteroatoms. The van der Waals surface area contributed by atoms with Gasteiger partial charge >= 0.3 is 0 Å². The zero-order valence-electron chi connectivity index (χ0n) is 16.5. The summed E-state index contributed by atoms with van der Waals surface area (Å²) in [4.78, 5) is 18.5. The van der Waals surface area contributed by atoms with Crippen molar-refractivity contribution >= 4 is 45.5 Å².